The molecule has 0 amide bonds. The van der Waals surface area contributed by atoms with E-state index in [1.165, 1.54) is 43.4 Å². The van der Waals surface area contributed by atoms with Crippen LogP contribution in [-0.2, 0) is 0 Å². The average Bonchev–Trinajstić information content (AvgIpc) is 3.59. The maximum atomic E-state index is 8.93. The number of para-hydroxylation sites is 2. The van der Waals surface area contributed by atoms with Crippen molar-refractivity contribution in [2.24, 2.45) is 4.99 Å². The van der Waals surface area contributed by atoms with Gasteiger partial charge in [0, 0.05) is 16.3 Å². The van der Waals surface area contributed by atoms with E-state index in [4.69, 9.17) is 10.4 Å². The molecule has 1 N–H and O–H groups in total. The minimum atomic E-state index is 0.214. The van der Waals surface area contributed by atoms with Crippen molar-refractivity contribution in [2.45, 2.75) is 0 Å². The normalized spacial score (nSPS) is 12.1. The molecule has 10 rings (SSSR count). The van der Waals surface area contributed by atoms with Gasteiger partial charge in [0.15, 0.2) is 5.84 Å². The fourth-order valence-corrected chi connectivity index (χ4v) is 8.02. The standard InChI is InChI=1S/C52H35N3/c53-52(40-13-2-1-3-14-40)54-50(55-48-20-10-8-18-44(48)45-19-9-11-21-49(45)55)33-24-35-22-25-36(26-23-35)37-27-29-39(30-28-37)51-43-17-7-5-15-41(43)34-47-42-16-6-4-12-38(42)31-32-46(47)51/h1-34,53H/b33-24+,53-52?,54-50?. The molecule has 0 radical (unpaired) electrons. The van der Waals surface area contributed by atoms with Gasteiger partial charge in [0.1, 0.15) is 5.84 Å². The van der Waals surface area contributed by atoms with Crippen LogP contribution in [0.4, 0.5) is 0 Å². The largest absolute Gasteiger partial charge is 0.294 e. The molecule has 0 atom stereocenters. The molecule has 0 spiro atoms. The number of nitrogens with zero attached hydrogens (tertiary/aromatic N) is 2. The third kappa shape index (κ3) is 5.80. The summed E-state index contributed by atoms with van der Waals surface area (Å²) in [7, 11) is 0. The molecule has 0 aliphatic carbocycles. The molecule has 0 aliphatic heterocycles. The van der Waals surface area contributed by atoms with Crippen LogP contribution in [0.25, 0.3) is 82.5 Å². The van der Waals surface area contributed by atoms with Gasteiger partial charge in [-0.25, -0.2) is 4.99 Å². The number of aliphatic imine (C=N–C) groups is 1. The predicted molar refractivity (Wildman–Crippen MR) is 234 cm³/mol. The van der Waals surface area contributed by atoms with Crippen molar-refractivity contribution in [3.63, 3.8) is 0 Å². The lowest BCUT2D eigenvalue weighted by Gasteiger charge is -2.14. The van der Waals surface area contributed by atoms with Crippen molar-refractivity contribution in [3.05, 3.63) is 211 Å². The van der Waals surface area contributed by atoms with Crippen LogP contribution in [0.5, 0.6) is 0 Å². The third-order valence-electron chi connectivity index (χ3n) is 10.7. The lowest BCUT2D eigenvalue weighted by atomic mass is 9.89. The van der Waals surface area contributed by atoms with Gasteiger partial charge in [-0.1, -0.05) is 182 Å². The predicted octanol–water partition coefficient (Wildman–Crippen LogP) is 13.6. The Kier molecular flexibility index (Phi) is 7.96. The first kappa shape index (κ1) is 32.3. The highest BCUT2D eigenvalue weighted by atomic mass is 15.1. The summed E-state index contributed by atoms with van der Waals surface area (Å²) < 4.78 is 2.16. The van der Waals surface area contributed by atoms with E-state index in [9.17, 15) is 0 Å². The van der Waals surface area contributed by atoms with Crippen LogP contribution in [0, 0.1) is 5.41 Å². The summed E-state index contributed by atoms with van der Waals surface area (Å²) in [6, 6.07) is 68.3. The molecule has 3 heteroatoms. The van der Waals surface area contributed by atoms with Crippen molar-refractivity contribution in [3.8, 4) is 22.3 Å². The number of hydrogen-bond donors (Lipinski definition) is 1. The number of nitrogens with one attached hydrogen (secondary N) is 1. The average molecular weight is 702 g/mol. The first-order chi connectivity index (χ1) is 27.2. The highest BCUT2D eigenvalue weighted by Gasteiger charge is 2.15. The molecule has 0 unspecified atom stereocenters. The first-order valence-corrected chi connectivity index (χ1v) is 18.6. The minimum absolute atomic E-state index is 0.214. The van der Waals surface area contributed by atoms with Crippen LogP contribution in [0.2, 0.25) is 0 Å². The molecule has 0 saturated carbocycles. The number of amidine groups is 1. The van der Waals surface area contributed by atoms with Gasteiger partial charge in [-0.3, -0.25) is 9.98 Å². The number of aromatic nitrogens is 1. The number of hydrogen-bond acceptors (Lipinski definition) is 1. The Hall–Kier alpha value is -7.36. The zero-order chi connectivity index (χ0) is 36.7. The Bertz CT molecular complexity index is 3080. The summed E-state index contributed by atoms with van der Waals surface area (Å²) >= 11 is 0. The zero-order valence-corrected chi connectivity index (χ0v) is 30.0. The quantitative estimate of drug-likeness (QED) is 0.0803. The number of rotatable bonds is 5. The molecule has 3 nitrogen and oxygen atoms in total. The van der Waals surface area contributed by atoms with E-state index < -0.39 is 0 Å². The van der Waals surface area contributed by atoms with E-state index in [-0.39, 0.29) is 5.84 Å². The van der Waals surface area contributed by atoms with Crippen molar-refractivity contribution in [2.75, 3.05) is 0 Å². The van der Waals surface area contributed by atoms with E-state index in [1.54, 1.807) is 0 Å². The maximum Gasteiger partial charge on any atom is 0.154 e. The summed E-state index contributed by atoms with van der Waals surface area (Å²) in [5.41, 5.74) is 8.72. The van der Waals surface area contributed by atoms with Gasteiger partial charge in [0.2, 0.25) is 0 Å². The van der Waals surface area contributed by atoms with Gasteiger partial charge in [-0.15, -0.1) is 0 Å². The van der Waals surface area contributed by atoms with E-state index in [0.717, 1.165) is 44.1 Å². The fraction of sp³-hybridized carbons (Fsp3) is 0. The first-order valence-electron chi connectivity index (χ1n) is 18.6. The van der Waals surface area contributed by atoms with E-state index in [0.29, 0.717) is 5.84 Å². The van der Waals surface area contributed by atoms with Crippen molar-refractivity contribution in [1.29, 1.82) is 5.41 Å². The topological polar surface area (TPSA) is 41.1 Å². The highest BCUT2D eigenvalue weighted by Crippen LogP contribution is 2.40. The Morgan fingerprint density at radius 3 is 1.67 bits per heavy atom. The molecular weight excluding hydrogens is 667 g/mol. The van der Waals surface area contributed by atoms with Crippen LogP contribution < -0.4 is 0 Å². The third-order valence-corrected chi connectivity index (χ3v) is 10.7. The van der Waals surface area contributed by atoms with Gasteiger partial charge < -0.3 is 0 Å². The molecular formula is C52H35N3. The molecule has 0 aliphatic rings. The zero-order valence-electron chi connectivity index (χ0n) is 30.0. The SMILES string of the molecule is N=C(N=C(/C=C/c1ccc(-c2ccc(-c3c4ccccc4cc4c3ccc3ccccc34)cc2)cc1)n1c2ccccc2c2ccccc21)c1ccccc1. The smallest absolute Gasteiger partial charge is 0.154 e. The summed E-state index contributed by atoms with van der Waals surface area (Å²) in [6.45, 7) is 0. The van der Waals surface area contributed by atoms with Gasteiger partial charge >= 0.3 is 0 Å². The fourth-order valence-electron chi connectivity index (χ4n) is 8.02. The molecule has 258 valence electrons. The second-order valence-electron chi connectivity index (χ2n) is 13.9. The van der Waals surface area contributed by atoms with Crippen LogP contribution >= 0.6 is 0 Å². The van der Waals surface area contributed by atoms with E-state index in [1.807, 2.05) is 36.4 Å². The molecule has 10 aromatic rings. The van der Waals surface area contributed by atoms with E-state index >= 15 is 0 Å². The van der Waals surface area contributed by atoms with Gasteiger partial charge in [0.05, 0.1) is 11.0 Å². The van der Waals surface area contributed by atoms with Crippen LogP contribution in [0.1, 0.15) is 11.1 Å². The summed E-state index contributed by atoms with van der Waals surface area (Å²) in [5.74, 6) is 0.894. The van der Waals surface area contributed by atoms with Gasteiger partial charge in [-0.2, -0.15) is 0 Å². The summed E-state index contributed by atoms with van der Waals surface area (Å²) in [5, 5.41) is 18.8. The second-order valence-corrected chi connectivity index (χ2v) is 13.9. The Labute approximate surface area is 319 Å². The molecule has 1 aromatic heterocycles. The molecule has 55 heavy (non-hydrogen) atoms. The molecule has 0 saturated heterocycles. The minimum Gasteiger partial charge on any atom is -0.294 e. The Balaban J connectivity index is 0.999. The summed E-state index contributed by atoms with van der Waals surface area (Å²) in [4.78, 5) is 4.93. The van der Waals surface area contributed by atoms with Crippen LogP contribution in [-0.4, -0.2) is 16.2 Å². The maximum absolute atomic E-state index is 8.93. The van der Waals surface area contributed by atoms with Gasteiger partial charge in [0.25, 0.3) is 0 Å². The summed E-state index contributed by atoms with van der Waals surface area (Å²) in [6.07, 6.45) is 4.11. The lowest BCUT2D eigenvalue weighted by molar-refractivity contribution is 1.27. The lowest BCUT2D eigenvalue weighted by Crippen LogP contribution is -2.12. The van der Waals surface area contributed by atoms with Crippen LogP contribution in [0.15, 0.2) is 205 Å². The Morgan fingerprint density at radius 2 is 0.982 bits per heavy atom. The van der Waals surface area contributed by atoms with Crippen molar-refractivity contribution >= 4 is 71.9 Å². The van der Waals surface area contributed by atoms with Crippen molar-refractivity contribution in [1.82, 2.24) is 4.57 Å². The van der Waals surface area contributed by atoms with E-state index in [2.05, 4.69) is 174 Å². The molecule has 0 fully saturated rings. The van der Waals surface area contributed by atoms with Crippen molar-refractivity contribution < 1.29 is 0 Å². The second kappa shape index (κ2) is 13.6. The highest BCUT2D eigenvalue weighted by molar-refractivity contribution is 6.21. The molecule has 0 bridgehead atoms. The number of fused-ring (bicyclic) bond motifs is 7. The number of benzene rings is 9. The monoisotopic (exact) mass is 701 g/mol. The van der Waals surface area contributed by atoms with Gasteiger partial charge in [-0.05, 0) is 84.4 Å². The number of allylic oxidation sites excluding steroid dienone is 1. The van der Waals surface area contributed by atoms with Crippen LogP contribution in [0.3, 0.4) is 0 Å². The molecule has 9 aromatic carbocycles. The Morgan fingerprint density at radius 1 is 0.436 bits per heavy atom. The molecule has 1 heterocycles.